The molecule has 9 aromatic rings. The van der Waals surface area contributed by atoms with Crippen molar-refractivity contribution in [3.8, 4) is 18.2 Å². The van der Waals surface area contributed by atoms with Crippen LogP contribution >= 0.6 is 28.6 Å². The largest absolute Gasteiger partial charge is 0.192 e. The highest BCUT2D eigenvalue weighted by Crippen LogP contribution is 2.66. The van der Waals surface area contributed by atoms with Crippen molar-refractivity contribution in [2.75, 3.05) is 0 Å². The third kappa shape index (κ3) is 7.91. The molecule has 0 bridgehead atoms. The summed E-state index contributed by atoms with van der Waals surface area (Å²) in [6.07, 6.45) is 0. The highest BCUT2D eigenvalue weighted by atomic mass is 31.2. The van der Waals surface area contributed by atoms with Gasteiger partial charge < -0.3 is 0 Å². The number of hydrogen-bond donors (Lipinski definition) is 0. The highest BCUT2D eigenvalue weighted by Gasteiger charge is 2.45. The van der Waals surface area contributed by atoms with Gasteiger partial charge in [0.15, 0.2) is 0 Å². The lowest BCUT2D eigenvalue weighted by Gasteiger charge is -2.39. The molecule has 9 aromatic carbocycles. The summed E-state index contributed by atoms with van der Waals surface area (Å²) in [6, 6.07) is 102. The van der Waals surface area contributed by atoms with E-state index in [-0.39, 0.29) is 0 Å². The molecule has 67 heavy (non-hydrogen) atoms. The van der Waals surface area contributed by atoms with Gasteiger partial charge in [0.25, 0.3) is 0 Å². The van der Waals surface area contributed by atoms with Crippen molar-refractivity contribution >= 4 is 91.4 Å². The molecule has 0 heterocycles. The summed E-state index contributed by atoms with van der Waals surface area (Å²) >= 11 is 0. The first-order valence-corrected chi connectivity index (χ1v) is 28.7. The predicted molar refractivity (Wildman–Crippen MR) is 294 cm³/mol. The van der Waals surface area contributed by atoms with Crippen LogP contribution in [0.2, 0.25) is 0 Å². The van der Waals surface area contributed by atoms with Gasteiger partial charge in [0.2, 0.25) is 0 Å². The molecule has 3 nitrogen and oxygen atoms in total. The zero-order chi connectivity index (χ0) is 45.9. The van der Waals surface area contributed by atoms with Crippen molar-refractivity contribution in [2.24, 2.45) is 0 Å². The number of nitriles is 3. The summed E-state index contributed by atoms with van der Waals surface area (Å²) in [5.41, 5.74) is 0. The van der Waals surface area contributed by atoms with Crippen molar-refractivity contribution in [3.63, 3.8) is 0 Å². The Morgan fingerprint density at radius 3 is 0.448 bits per heavy atom. The Bertz CT molecular complexity index is 2740. The number of rotatable bonds is 12. The predicted octanol–water partition coefficient (Wildman–Crippen LogP) is 10.4. The molecule has 320 valence electrons. The van der Waals surface area contributed by atoms with Crippen LogP contribution in [0.3, 0.4) is 0 Å². The van der Waals surface area contributed by atoms with Crippen molar-refractivity contribution in [3.05, 3.63) is 273 Å². The highest BCUT2D eigenvalue weighted by molar-refractivity contribution is 8.29. The summed E-state index contributed by atoms with van der Waals surface area (Å²) < 4.78 is 0. The molecule has 0 saturated heterocycles. The third-order valence-corrected chi connectivity index (χ3v) is 30.1. The van der Waals surface area contributed by atoms with E-state index in [4.69, 9.17) is 0 Å². The molecule has 0 aromatic heterocycles. The van der Waals surface area contributed by atoms with Gasteiger partial charge in [0.05, 0.1) is 15.1 Å². The normalized spacial score (nSPS) is 11.4. The van der Waals surface area contributed by atoms with Gasteiger partial charge in [0.1, 0.15) is 18.2 Å². The molecule has 0 aliphatic carbocycles. The Labute approximate surface area is 396 Å². The van der Waals surface area contributed by atoms with E-state index in [1.54, 1.807) is 0 Å². The maximum Gasteiger partial charge on any atom is 0.101 e. The van der Waals surface area contributed by atoms with Crippen LogP contribution in [0.25, 0.3) is 0 Å². The Balaban J connectivity index is 1.73. The van der Waals surface area contributed by atoms with Gasteiger partial charge in [-0.25, -0.2) is 0 Å². The van der Waals surface area contributed by atoms with E-state index in [1.807, 2.05) is 164 Å². The van der Waals surface area contributed by atoms with Gasteiger partial charge >= 0.3 is 0 Å². The Morgan fingerprint density at radius 1 is 0.224 bits per heavy atom. The average Bonchev–Trinajstić information content (AvgIpc) is 3.42. The molecular formula is C60H45N3P4. The monoisotopic (exact) mass is 931 g/mol. The van der Waals surface area contributed by atoms with Crippen LogP contribution < -0.4 is 47.7 Å². The zero-order valence-electron chi connectivity index (χ0n) is 36.6. The lowest BCUT2D eigenvalue weighted by atomic mass is 10.4. The van der Waals surface area contributed by atoms with Crippen LogP contribution in [-0.4, -0.2) is 15.1 Å². The number of hydrogen-bond acceptors (Lipinski definition) is 3. The van der Waals surface area contributed by atoms with Crippen LogP contribution in [-0.2, 0) is 0 Å². The molecule has 0 spiro atoms. The van der Waals surface area contributed by atoms with Gasteiger partial charge in [0, 0.05) is 7.92 Å². The topological polar surface area (TPSA) is 71.4 Å². The Kier molecular flexibility index (Phi) is 13.8. The number of benzene rings is 9. The van der Waals surface area contributed by atoms with Crippen LogP contribution in [0, 0.1) is 34.0 Å². The molecule has 7 heteroatoms. The second-order valence-electron chi connectivity index (χ2n) is 15.7. The van der Waals surface area contributed by atoms with E-state index in [2.05, 4.69) is 127 Å². The standard InChI is InChI=1S/C60H45N3P4/c61-46-58(65(49-28-10-1-11-29-49,50-30-12-2-13-31-50)51-32-14-3-15-33-51)64(59(47-62)66(52-34-16-4-17-35-52,53-36-18-5-19-37-53)54-38-20-6-21-39-54)60(48-63)67(55-40-22-7-23-41-55,56-42-24-8-25-43-56)57-44-26-9-27-45-57/h1-45H. The molecule has 0 N–H and O–H groups in total. The maximum absolute atomic E-state index is 12.8. The van der Waals surface area contributed by atoms with Gasteiger partial charge in [-0.05, 0) is 68.4 Å². The smallest absolute Gasteiger partial charge is 0.101 e. The van der Waals surface area contributed by atoms with Crippen LogP contribution in [0.15, 0.2) is 273 Å². The van der Waals surface area contributed by atoms with E-state index in [1.165, 1.54) is 0 Å². The molecular weight excluding hydrogens is 887 g/mol. The summed E-state index contributed by atoms with van der Waals surface area (Å²) in [7, 11) is -2.31. The Morgan fingerprint density at radius 2 is 0.343 bits per heavy atom. The van der Waals surface area contributed by atoms with E-state index in [0.717, 1.165) is 47.7 Å². The lowest BCUT2D eigenvalue weighted by molar-refractivity contribution is 1.56. The third-order valence-electron chi connectivity index (χ3n) is 12.2. The number of nitrogens with zero attached hydrogens (tertiary/aromatic N) is 3. The van der Waals surface area contributed by atoms with Gasteiger partial charge in [-0.3, -0.25) is 0 Å². The minimum atomic E-state index is -3.27. The molecule has 0 atom stereocenters. The summed E-state index contributed by atoms with van der Waals surface area (Å²) in [6.45, 7) is -9.80. The fourth-order valence-electron chi connectivity index (χ4n) is 9.43. The minimum absolute atomic E-state index is 0.540. The molecule has 0 amide bonds. The zero-order valence-corrected chi connectivity index (χ0v) is 40.2. The van der Waals surface area contributed by atoms with E-state index >= 15 is 0 Å². The first-order valence-electron chi connectivity index (χ1n) is 22.0. The lowest BCUT2D eigenvalue weighted by Crippen LogP contribution is -2.36. The second-order valence-corrected chi connectivity index (χ2v) is 28.8. The quantitative estimate of drug-likeness (QED) is 0.115. The SMILES string of the molecule is N#CC(P(C(C#N)=P(c1ccccc1)(c1ccccc1)c1ccccc1)C(C#N)=P(c1ccccc1)(c1ccccc1)c1ccccc1)=P(c1ccccc1)(c1ccccc1)c1ccccc1. The van der Waals surface area contributed by atoms with Crippen molar-refractivity contribution in [1.82, 2.24) is 0 Å². The van der Waals surface area contributed by atoms with Crippen LogP contribution in [0.1, 0.15) is 0 Å². The summed E-state index contributed by atoms with van der Waals surface area (Å²) in [5.74, 6) is 0. The molecule has 0 unspecified atom stereocenters. The molecule has 0 saturated carbocycles. The molecule has 9 rings (SSSR count). The summed E-state index contributed by atoms with van der Waals surface area (Å²) in [5, 5.41) is 48.7. The minimum Gasteiger partial charge on any atom is -0.192 e. The molecule has 0 aliphatic heterocycles. The van der Waals surface area contributed by atoms with Gasteiger partial charge in [-0.2, -0.15) is 15.8 Å². The second kappa shape index (κ2) is 20.5. The van der Waals surface area contributed by atoms with E-state index in [9.17, 15) is 15.8 Å². The van der Waals surface area contributed by atoms with Crippen LogP contribution in [0.5, 0.6) is 0 Å². The first-order chi connectivity index (χ1) is 33.2. The van der Waals surface area contributed by atoms with Crippen molar-refractivity contribution in [1.29, 1.82) is 15.8 Å². The molecule has 0 radical (unpaired) electrons. The molecule has 0 fully saturated rings. The fraction of sp³-hybridized carbons (Fsp3) is 0. The first kappa shape index (κ1) is 45.0. The summed E-state index contributed by atoms with van der Waals surface area (Å²) in [4.78, 5) is 0. The van der Waals surface area contributed by atoms with Crippen LogP contribution in [0.4, 0.5) is 0 Å². The van der Waals surface area contributed by atoms with Gasteiger partial charge in [-0.1, -0.05) is 273 Å². The Hall–Kier alpha value is -7.22. The maximum atomic E-state index is 12.8. The van der Waals surface area contributed by atoms with E-state index in [0.29, 0.717) is 15.1 Å². The van der Waals surface area contributed by atoms with Crippen molar-refractivity contribution in [2.45, 2.75) is 0 Å². The average molecular weight is 932 g/mol. The van der Waals surface area contributed by atoms with Crippen molar-refractivity contribution < 1.29 is 0 Å². The van der Waals surface area contributed by atoms with Gasteiger partial charge in [-0.15, -0.1) is 0 Å². The molecule has 0 aliphatic rings. The fourth-order valence-corrected chi connectivity index (χ4v) is 30.5. The van der Waals surface area contributed by atoms with E-state index < -0.39 is 28.6 Å².